The van der Waals surface area contributed by atoms with Gasteiger partial charge in [-0.1, -0.05) is 13.0 Å². The first-order chi connectivity index (χ1) is 9.78. The minimum Gasteiger partial charge on any atom is -0.377 e. The van der Waals surface area contributed by atoms with Crippen LogP contribution >= 0.6 is 0 Å². The molecule has 2 heterocycles. The van der Waals surface area contributed by atoms with E-state index < -0.39 is 0 Å². The molecule has 4 heteroatoms. The summed E-state index contributed by atoms with van der Waals surface area (Å²) in [7, 11) is 0. The fourth-order valence-corrected chi connectivity index (χ4v) is 2.52. The Morgan fingerprint density at radius 2 is 2.35 bits per heavy atom. The van der Waals surface area contributed by atoms with Gasteiger partial charge in [0.2, 0.25) is 0 Å². The minimum absolute atomic E-state index is 0.329. The van der Waals surface area contributed by atoms with Crippen LogP contribution in [0.3, 0.4) is 0 Å². The Balaban J connectivity index is 1.83. The van der Waals surface area contributed by atoms with Crippen LogP contribution in [0, 0.1) is 0 Å². The predicted octanol–water partition coefficient (Wildman–Crippen LogP) is 2.19. The number of pyridine rings is 1. The third-order valence-electron chi connectivity index (χ3n) is 3.56. The number of nitrogens with one attached hydrogen (secondary N) is 1. The molecule has 0 aromatic carbocycles. The van der Waals surface area contributed by atoms with E-state index in [2.05, 4.69) is 41.2 Å². The molecule has 1 aromatic heterocycles. The lowest BCUT2D eigenvalue weighted by molar-refractivity contribution is 0.0666. The quantitative estimate of drug-likeness (QED) is 0.809. The number of aromatic nitrogens is 1. The SMILES string of the molecule is CCCNCc1ccc(CN2CCCOC(C)C2)nc1. The van der Waals surface area contributed by atoms with Gasteiger partial charge in [0, 0.05) is 39.0 Å². The van der Waals surface area contributed by atoms with E-state index in [0.717, 1.165) is 51.4 Å². The summed E-state index contributed by atoms with van der Waals surface area (Å²) in [4.78, 5) is 7.02. The van der Waals surface area contributed by atoms with Gasteiger partial charge in [-0.25, -0.2) is 0 Å². The molecule has 0 bridgehead atoms. The van der Waals surface area contributed by atoms with Crippen LogP contribution in [0.4, 0.5) is 0 Å². The Hall–Kier alpha value is -0.970. The standard InChI is InChI=1S/C16H27N3O/c1-3-7-17-10-15-5-6-16(18-11-15)13-19-8-4-9-20-14(2)12-19/h5-6,11,14,17H,3-4,7-10,12-13H2,1-2H3. The van der Waals surface area contributed by atoms with Crippen molar-refractivity contribution in [1.29, 1.82) is 0 Å². The maximum Gasteiger partial charge on any atom is 0.0674 e. The lowest BCUT2D eigenvalue weighted by Crippen LogP contribution is -2.30. The molecule has 0 amide bonds. The fourth-order valence-electron chi connectivity index (χ4n) is 2.52. The molecule has 1 saturated heterocycles. The third kappa shape index (κ3) is 5.19. The van der Waals surface area contributed by atoms with E-state index in [0.29, 0.717) is 6.10 Å². The monoisotopic (exact) mass is 277 g/mol. The Morgan fingerprint density at radius 3 is 3.10 bits per heavy atom. The van der Waals surface area contributed by atoms with Gasteiger partial charge in [0.05, 0.1) is 11.8 Å². The van der Waals surface area contributed by atoms with Crippen LogP contribution in [0.25, 0.3) is 0 Å². The van der Waals surface area contributed by atoms with Crippen molar-refractivity contribution in [3.05, 3.63) is 29.6 Å². The van der Waals surface area contributed by atoms with Crippen LogP contribution in [0.5, 0.6) is 0 Å². The van der Waals surface area contributed by atoms with Crippen LogP contribution in [0.15, 0.2) is 18.3 Å². The predicted molar refractivity (Wildman–Crippen MR) is 81.5 cm³/mol. The summed E-state index contributed by atoms with van der Waals surface area (Å²) >= 11 is 0. The van der Waals surface area contributed by atoms with Crippen molar-refractivity contribution >= 4 is 0 Å². The first-order valence-corrected chi connectivity index (χ1v) is 7.76. The molecule has 20 heavy (non-hydrogen) atoms. The smallest absolute Gasteiger partial charge is 0.0674 e. The number of nitrogens with zero attached hydrogens (tertiary/aromatic N) is 2. The molecule has 0 spiro atoms. The van der Waals surface area contributed by atoms with Gasteiger partial charge in [-0.3, -0.25) is 9.88 Å². The molecule has 0 radical (unpaired) electrons. The molecular weight excluding hydrogens is 250 g/mol. The molecule has 0 aliphatic carbocycles. The topological polar surface area (TPSA) is 37.4 Å². The number of hydrogen-bond donors (Lipinski definition) is 1. The molecule has 1 atom stereocenters. The van der Waals surface area contributed by atoms with Gasteiger partial charge in [-0.05, 0) is 37.9 Å². The van der Waals surface area contributed by atoms with E-state index in [9.17, 15) is 0 Å². The van der Waals surface area contributed by atoms with Gasteiger partial charge in [-0.15, -0.1) is 0 Å². The van der Waals surface area contributed by atoms with Gasteiger partial charge >= 0.3 is 0 Å². The minimum atomic E-state index is 0.329. The normalized spacial score (nSPS) is 20.8. The van der Waals surface area contributed by atoms with Crippen molar-refractivity contribution in [3.63, 3.8) is 0 Å². The Morgan fingerprint density at radius 1 is 1.45 bits per heavy atom. The highest BCUT2D eigenvalue weighted by molar-refractivity contribution is 5.14. The van der Waals surface area contributed by atoms with E-state index in [4.69, 9.17) is 4.74 Å². The summed E-state index contributed by atoms with van der Waals surface area (Å²) in [6.07, 6.45) is 4.61. The van der Waals surface area contributed by atoms with Crippen molar-refractivity contribution in [1.82, 2.24) is 15.2 Å². The number of rotatable bonds is 6. The van der Waals surface area contributed by atoms with E-state index in [1.807, 2.05) is 6.20 Å². The third-order valence-corrected chi connectivity index (χ3v) is 3.56. The fraction of sp³-hybridized carbons (Fsp3) is 0.688. The highest BCUT2D eigenvalue weighted by atomic mass is 16.5. The zero-order valence-electron chi connectivity index (χ0n) is 12.8. The summed E-state index contributed by atoms with van der Waals surface area (Å²) in [5.41, 5.74) is 2.41. The zero-order valence-corrected chi connectivity index (χ0v) is 12.8. The van der Waals surface area contributed by atoms with Gasteiger partial charge in [0.25, 0.3) is 0 Å². The molecule has 1 unspecified atom stereocenters. The average molecular weight is 277 g/mol. The lowest BCUT2D eigenvalue weighted by Gasteiger charge is -2.21. The molecular formula is C16H27N3O. The van der Waals surface area contributed by atoms with Crippen LogP contribution in [-0.4, -0.2) is 42.2 Å². The van der Waals surface area contributed by atoms with E-state index in [-0.39, 0.29) is 0 Å². The van der Waals surface area contributed by atoms with Gasteiger partial charge < -0.3 is 10.1 Å². The Labute approximate surface area is 122 Å². The van der Waals surface area contributed by atoms with Crippen molar-refractivity contribution in [2.45, 2.75) is 45.9 Å². The van der Waals surface area contributed by atoms with Gasteiger partial charge in [0.15, 0.2) is 0 Å². The van der Waals surface area contributed by atoms with Crippen LogP contribution in [-0.2, 0) is 17.8 Å². The molecule has 4 nitrogen and oxygen atoms in total. The second kappa shape index (κ2) is 8.35. The average Bonchev–Trinajstić information content (AvgIpc) is 2.65. The van der Waals surface area contributed by atoms with Crippen LogP contribution < -0.4 is 5.32 Å². The molecule has 1 N–H and O–H groups in total. The summed E-state index contributed by atoms with van der Waals surface area (Å²) in [5.74, 6) is 0. The van der Waals surface area contributed by atoms with Crippen molar-refractivity contribution in [2.75, 3.05) is 26.2 Å². The highest BCUT2D eigenvalue weighted by Gasteiger charge is 2.15. The van der Waals surface area contributed by atoms with Crippen molar-refractivity contribution in [3.8, 4) is 0 Å². The molecule has 1 aliphatic rings. The van der Waals surface area contributed by atoms with E-state index >= 15 is 0 Å². The first-order valence-electron chi connectivity index (χ1n) is 7.76. The second-order valence-corrected chi connectivity index (χ2v) is 5.60. The van der Waals surface area contributed by atoms with Crippen LogP contribution in [0.1, 0.15) is 37.9 Å². The maximum absolute atomic E-state index is 5.67. The Kier molecular flexibility index (Phi) is 6.43. The maximum atomic E-state index is 5.67. The summed E-state index contributed by atoms with van der Waals surface area (Å²) < 4.78 is 5.67. The van der Waals surface area contributed by atoms with Gasteiger partial charge in [-0.2, -0.15) is 0 Å². The molecule has 1 aromatic rings. The number of hydrogen-bond acceptors (Lipinski definition) is 4. The highest BCUT2D eigenvalue weighted by Crippen LogP contribution is 2.10. The Bertz CT molecular complexity index is 380. The van der Waals surface area contributed by atoms with Crippen molar-refractivity contribution in [2.24, 2.45) is 0 Å². The van der Waals surface area contributed by atoms with E-state index in [1.54, 1.807) is 0 Å². The summed E-state index contributed by atoms with van der Waals surface area (Å²) in [5, 5.41) is 3.40. The molecule has 2 rings (SSSR count). The molecule has 1 fully saturated rings. The summed E-state index contributed by atoms with van der Waals surface area (Å²) in [6.45, 7) is 10.2. The van der Waals surface area contributed by atoms with Gasteiger partial charge in [0.1, 0.15) is 0 Å². The summed E-state index contributed by atoms with van der Waals surface area (Å²) in [6, 6.07) is 4.34. The first kappa shape index (κ1) is 15.4. The lowest BCUT2D eigenvalue weighted by atomic mass is 10.2. The number of ether oxygens (including phenoxy) is 1. The largest absolute Gasteiger partial charge is 0.377 e. The molecule has 0 saturated carbocycles. The van der Waals surface area contributed by atoms with E-state index in [1.165, 1.54) is 12.0 Å². The molecule has 1 aliphatic heterocycles. The molecule has 112 valence electrons. The van der Waals surface area contributed by atoms with Crippen LogP contribution in [0.2, 0.25) is 0 Å². The second-order valence-electron chi connectivity index (χ2n) is 5.60. The van der Waals surface area contributed by atoms with Crippen molar-refractivity contribution < 1.29 is 4.74 Å². The zero-order chi connectivity index (χ0) is 14.2.